The van der Waals surface area contributed by atoms with Gasteiger partial charge in [0.15, 0.2) is 0 Å². The molecule has 0 aliphatic carbocycles. The number of nitrogens with one attached hydrogen (secondary N) is 1. The number of hydrogen-bond donors (Lipinski definition) is 1. The molecule has 0 spiro atoms. The van der Waals surface area contributed by atoms with Crippen molar-refractivity contribution in [2.45, 2.75) is 24.3 Å². The molecule has 2 aromatic carbocycles. The van der Waals surface area contributed by atoms with E-state index in [1.54, 1.807) is 12.1 Å². The van der Waals surface area contributed by atoms with Crippen LogP contribution >= 0.6 is 23.2 Å². The topological polar surface area (TPSA) is 75.7 Å². The maximum absolute atomic E-state index is 12.7. The summed E-state index contributed by atoms with van der Waals surface area (Å²) in [5.74, 6) is -0.404. The van der Waals surface area contributed by atoms with Gasteiger partial charge in [0.1, 0.15) is 11.5 Å². The van der Waals surface area contributed by atoms with Crippen molar-refractivity contribution in [3.63, 3.8) is 0 Å². The molecule has 1 heterocycles. The van der Waals surface area contributed by atoms with Gasteiger partial charge >= 0.3 is 0 Å². The smallest absolute Gasteiger partial charge is 0.250 e. The molecule has 0 bridgehead atoms. The molecule has 9 heteroatoms. The van der Waals surface area contributed by atoms with Crippen LogP contribution in [-0.2, 0) is 26.2 Å². The van der Waals surface area contributed by atoms with Crippen LogP contribution in [0.1, 0.15) is 18.4 Å². The molecule has 1 aliphatic rings. The minimum absolute atomic E-state index is 0.00847. The maximum atomic E-state index is 12.7. The first-order chi connectivity index (χ1) is 13.4. The molecule has 2 aromatic rings. The number of anilines is 1. The molecule has 3 rings (SSSR count). The second kappa shape index (κ2) is 9.24. The Morgan fingerprint density at radius 1 is 1.07 bits per heavy atom. The van der Waals surface area contributed by atoms with Crippen LogP contribution in [0.3, 0.4) is 0 Å². The summed E-state index contributed by atoms with van der Waals surface area (Å²) in [4.78, 5) is 12.1. The van der Waals surface area contributed by atoms with Gasteiger partial charge < -0.3 is 10.1 Å². The first-order valence-electron chi connectivity index (χ1n) is 8.78. The highest BCUT2D eigenvalue weighted by Gasteiger charge is 2.29. The fourth-order valence-corrected chi connectivity index (χ4v) is 5.12. The van der Waals surface area contributed by atoms with Crippen LogP contribution in [0.25, 0.3) is 0 Å². The number of sulfonamides is 1. The predicted octanol–water partition coefficient (Wildman–Crippen LogP) is 3.93. The molecule has 1 N–H and O–H groups in total. The van der Waals surface area contributed by atoms with Gasteiger partial charge in [-0.2, -0.15) is 4.31 Å². The van der Waals surface area contributed by atoms with Crippen LogP contribution in [-0.4, -0.2) is 38.3 Å². The Kier molecular flexibility index (Phi) is 6.95. The quantitative estimate of drug-likeness (QED) is 0.704. The maximum Gasteiger partial charge on any atom is 0.250 e. The van der Waals surface area contributed by atoms with Gasteiger partial charge in [0, 0.05) is 23.8 Å². The van der Waals surface area contributed by atoms with Crippen LogP contribution in [0.5, 0.6) is 0 Å². The fourth-order valence-electron chi connectivity index (χ4n) is 2.91. The summed E-state index contributed by atoms with van der Waals surface area (Å²) in [6.45, 7) is 0.959. The number of carbonyl (C=O) groups is 1. The minimum Gasteiger partial charge on any atom is -0.367 e. The Morgan fingerprint density at radius 3 is 2.50 bits per heavy atom. The van der Waals surface area contributed by atoms with Gasteiger partial charge in [0.2, 0.25) is 15.9 Å². The lowest BCUT2D eigenvalue weighted by Gasteiger charge is -2.17. The summed E-state index contributed by atoms with van der Waals surface area (Å²) in [6, 6.07) is 11.6. The van der Waals surface area contributed by atoms with Crippen molar-refractivity contribution in [2.75, 3.05) is 25.0 Å². The van der Waals surface area contributed by atoms with Crippen molar-refractivity contribution in [1.82, 2.24) is 4.31 Å². The average Bonchev–Trinajstić information content (AvgIpc) is 3.20. The monoisotopic (exact) mass is 442 g/mol. The summed E-state index contributed by atoms with van der Waals surface area (Å²) in [5, 5.41) is 3.33. The average molecular weight is 443 g/mol. The van der Waals surface area contributed by atoms with E-state index in [4.69, 9.17) is 27.9 Å². The van der Waals surface area contributed by atoms with Gasteiger partial charge in [-0.1, -0.05) is 41.4 Å². The number of nitrogens with zero attached hydrogens (tertiary/aromatic N) is 1. The molecule has 1 amide bonds. The van der Waals surface area contributed by atoms with Crippen molar-refractivity contribution in [1.29, 1.82) is 0 Å². The van der Waals surface area contributed by atoms with Gasteiger partial charge in [-0.15, -0.1) is 0 Å². The van der Waals surface area contributed by atoms with Crippen molar-refractivity contribution < 1.29 is 17.9 Å². The molecule has 1 fully saturated rings. The lowest BCUT2D eigenvalue weighted by Crippen LogP contribution is -2.28. The lowest BCUT2D eigenvalue weighted by molar-refractivity contribution is -0.121. The van der Waals surface area contributed by atoms with Crippen molar-refractivity contribution in [3.8, 4) is 0 Å². The van der Waals surface area contributed by atoms with E-state index in [9.17, 15) is 13.2 Å². The number of ether oxygens (including phenoxy) is 1. The predicted molar refractivity (Wildman–Crippen MR) is 109 cm³/mol. The summed E-state index contributed by atoms with van der Waals surface area (Å²) < 4.78 is 32.3. The first-order valence-corrected chi connectivity index (χ1v) is 11.0. The highest BCUT2D eigenvalue weighted by molar-refractivity contribution is 7.89. The van der Waals surface area contributed by atoms with Crippen LogP contribution < -0.4 is 5.32 Å². The summed E-state index contributed by atoms with van der Waals surface area (Å²) in [6.07, 6.45) is 1.66. The van der Waals surface area contributed by atoms with E-state index in [0.29, 0.717) is 23.8 Å². The van der Waals surface area contributed by atoms with Crippen LogP contribution in [0, 0.1) is 0 Å². The Balaban J connectivity index is 1.62. The SMILES string of the molecule is O=C(COCc1ccccc1Cl)Nc1ccc(Cl)c(S(=O)(=O)N2CCCC2)c1. The second-order valence-corrected chi connectivity index (χ2v) is 9.11. The molecule has 1 saturated heterocycles. The third-order valence-corrected chi connectivity index (χ3v) is 7.10. The molecule has 1 aliphatic heterocycles. The molecular formula is C19H20Cl2N2O4S. The number of hydrogen-bond acceptors (Lipinski definition) is 4. The van der Waals surface area contributed by atoms with Gasteiger partial charge in [-0.05, 0) is 42.7 Å². The van der Waals surface area contributed by atoms with E-state index >= 15 is 0 Å². The molecule has 150 valence electrons. The molecule has 28 heavy (non-hydrogen) atoms. The Morgan fingerprint density at radius 2 is 1.79 bits per heavy atom. The number of benzene rings is 2. The lowest BCUT2D eigenvalue weighted by atomic mass is 10.2. The number of halogens is 2. The Bertz CT molecular complexity index is 960. The highest BCUT2D eigenvalue weighted by atomic mass is 35.5. The van der Waals surface area contributed by atoms with Crippen LogP contribution in [0.2, 0.25) is 10.0 Å². The zero-order valence-corrected chi connectivity index (χ0v) is 17.4. The zero-order chi connectivity index (χ0) is 20.1. The van der Waals surface area contributed by atoms with Crippen LogP contribution in [0.4, 0.5) is 5.69 Å². The molecule has 6 nitrogen and oxygen atoms in total. The fraction of sp³-hybridized carbons (Fsp3) is 0.316. The molecule has 0 unspecified atom stereocenters. The molecular weight excluding hydrogens is 423 g/mol. The van der Waals surface area contributed by atoms with Gasteiger partial charge in [-0.3, -0.25) is 4.79 Å². The number of carbonyl (C=O) groups excluding carboxylic acids is 1. The highest BCUT2D eigenvalue weighted by Crippen LogP contribution is 2.29. The largest absolute Gasteiger partial charge is 0.367 e. The van der Waals surface area contributed by atoms with Gasteiger partial charge in [0.05, 0.1) is 11.6 Å². The molecule has 0 atom stereocenters. The minimum atomic E-state index is -3.68. The van der Waals surface area contributed by atoms with E-state index in [0.717, 1.165) is 18.4 Å². The van der Waals surface area contributed by atoms with Gasteiger partial charge in [-0.25, -0.2) is 8.42 Å². The number of rotatable bonds is 7. The summed E-state index contributed by atoms with van der Waals surface area (Å²) in [5.41, 5.74) is 1.12. The standard InChI is InChI=1S/C19H20Cl2N2O4S/c20-16-6-2-1-5-14(16)12-27-13-19(24)22-15-7-8-17(21)18(11-15)28(25,26)23-9-3-4-10-23/h1-2,5-8,11H,3-4,9-10,12-13H2,(H,22,24). The second-order valence-electron chi connectivity index (χ2n) is 6.39. The first kappa shape index (κ1) is 21.1. The Labute approximate surface area is 174 Å². The van der Waals surface area contributed by atoms with E-state index in [1.807, 2.05) is 18.2 Å². The summed E-state index contributed by atoms with van der Waals surface area (Å²) in [7, 11) is -3.68. The van der Waals surface area contributed by atoms with E-state index < -0.39 is 15.9 Å². The Hall–Kier alpha value is -1.64. The molecule has 0 saturated carbocycles. The van der Waals surface area contributed by atoms with Crippen molar-refractivity contribution >= 4 is 44.8 Å². The zero-order valence-electron chi connectivity index (χ0n) is 15.0. The van der Waals surface area contributed by atoms with Crippen LogP contribution in [0.15, 0.2) is 47.4 Å². The number of amides is 1. The van der Waals surface area contributed by atoms with Gasteiger partial charge in [0.25, 0.3) is 0 Å². The summed E-state index contributed by atoms with van der Waals surface area (Å²) >= 11 is 12.2. The normalized spacial score (nSPS) is 14.9. The van der Waals surface area contributed by atoms with Crippen molar-refractivity contribution in [3.05, 3.63) is 58.1 Å². The van der Waals surface area contributed by atoms with E-state index in [2.05, 4.69) is 5.32 Å². The molecule has 0 aromatic heterocycles. The third-order valence-electron chi connectivity index (χ3n) is 4.35. The van der Waals surface area contributed by atoms with E-state index in [1.165, 1.54) is 16.4 Å². The third kappa shape index (κ3) is 5.04. The van der Waals surface area contributed by atoms with Crippen molar-refractivity contribution in [2.24, 2.45) is 0 Å². The van der Waals surface area contributed by atoms with E-state index in [-0.39, 0.29) is 23.1 Å². The molecule has 0 radical (unpaired) electrons.